The molecule has 40 heavy (non-hydrogen) atoms. The summed E-state index contributed by atoms with van der Waals surface area (Å²) in [5.41, 5.74) is 4.42. The first kappa shape index (κ1) is 25.5. The lowest BCUT2D eigenvalue weighted by molar-refractivity contribution is 0.0422. The van der Waals surface area contributed by atoms with E-state index in [2.05, 4.69) is 19.6 Å². The van der Waals surface area contributed by atoms with Crippen LogP contribution in [-0.2, 0) is 10.0 Å². The number of carbonyl (C=O) groups excluding carboxylic acids is 1. The van der Waals surface area contributed by atoms with Crippen LogP contribution in [0.15, 0.2) is 53.4 Å². The van der Waals surface area contributed by atoms with E-state index in [1.54, 1.807) is 23.1 Å². The fourth-order valence-electron chi connectivity index (χ4n) is 6.58. The van der Waals surface area contributed by atoms with Gasteiger partial charge >= 0.3 is 0 Å². The number of benzene rings is 2. The molecule has 1 aromatic heterocycles. The van der Waals surface area contributed by atoms with E-state index in [9.17, 15) is 13.2 Å². The lowest BCUT2D eigenvalue weighted by Crippen LogP contribution is -2.49. The van der Waals surface area contributed by atoms with Crippen molar-refractivity contribution >= 4 is 21.9 Å². The monoisotopic (exact) mass is 559 g/mol. The molecule has 1 spiro atoms. The third-order valence-electron chi connectivity index (χ3n) is 8.96. The third kappa shape index (κ3) is 4.62. The van der Waals surface area contributed by atoms with Crippen molar-refractivity contribution in [1.82, 2.24) is 19.8 Å². The summed E-state index contributed by atoms with van der Waals surface area (Å²) in [6.45, 7) is 6.38. The number of aromatic nitrogens is 2. The van der Waals surface area contributed by atoms with Gasteiger partial charge in [-0.05, 0) is 74.3 Å². The Kier molecular flexibility index (Phi) is 5.90. The molecule has 2 aliphatic heterocycles. The van der Waals surface area contributed by atoms with Gasteiger partial charge in [0.05, 0.1) is 17.1 Å². The van der Waals surface area contributed by atoms with Crippen molar-refractivity contribution in [2.24, 2.45) is 5.41 Å². The van der Waals surface area contributed by atoms with E-state index in [1.165, 1.54) is 37.8 Å². The highest BCUT2D eigenvalue weighted by molar-refractivity contribution is 7.92. The molecular weight excluding hydrogens is 526 g/mol. The molecule has 2 aromatic carbocycles. The average Bonchev–Trinajstić information content (AvgIpc) is 3.71. The zero-order valence-corrected chi connectivity index (χ0v) is 23.6. The predicted octanol–water partition coefficient (Wildman–Crippen LogP) is 4.02. The van der Waals surface area contributed by atoms with E-state index >= 15 is 0 Å². The summed E-state index contributed by atoms with van der Waals surface area (Å²) < 4.78 is 35.9. The van der Waals surface area contributed by atoms with Crippen LogP contribution in [0.4, 0.5) is 5.95 Å². The minimum absolute atomic E-state index is 0.0154. The first-order valence-electron chi connectivity index (χ1n) is 14.0. The number of aryl methyl sites for hydroxylation is 2. The van der Waals surface area contributed by atoms with Gasteiger partial charge in [0.15, 0.2) is 0 Å². The number of rotatable bonds is 2. The molecule has 0 radical (unpaired) electrons. The van der Waals surface area contributed by atoms with Gasteiger partial charge in [0.1, 0.15) is 6.10 Å². The van der Waals surface area contributed by atoms with Gasteiger partial charge in [0.2, 0.25) is 11.8 Å². The Balaban J connectivity index is 1.32. The van der Waals surface area contributed by atoms with E-state index in [0.29, 0.717) is 42.3 Å². The molecule has 6 bridgehead atoms. The number of fused-ring (bicyclic) bond motifs is 6. The summed E-state index contributed by atoms with van der Waals surface area (Å²) >= 11 is 0. The molecule has 0 unspecified atom stereocenters. The van der Waals surface area contributed by atoms with Crippen molar-refractivity contribution in [3.05, 3.63) is 65.2 Å². The Labute approximate surface area is 234 Å². The fourth-order valence-corrected chi connectivity index (χ4v) is 7.57. The van der Waals surface area contributed by atoms with Crippen molar-refractivity contribution < 1.29 is 17.9 Å². The van der Waals surface area contributed by atoms with Crippen LogP contribution >= 0.6 is 0 Å². The number of hydrogen-bond donors (Lipinski definition) is 1. The molecule has 3 fully saturated rings. The number of nitrogens with zero attached hydrogens (tertiary/aromatic N) is 4. The van der Waals surface area contributed by atoms with Crippen LogP contribution in [0.1, 0.15) is 47.2 Å². The SMILES string of the molecule is Cc1cccc(C)c1-c1cc2nc(n1)NS(=O)(=O)c1cccc(c1)C(=O)N1CCN(C3CC4(CC4)C3)C[C@H](C1)O2. The van der Waals surface area contributed by atoms with Gasteiger partial charge in [-0.3, -0.25) is 9.69 Å². The minimum Gasteiger partial charge on any atom is -0.471 e. The molecule has 208 valence electrons. The third-order valence-corrected chi connectivity index (χ3v) is 10.3. The first-order chi connectivity index (χ1) is 19.2. The fraction of sp³-hybridized carbons (Fsp3) is 0.433. The van der Waals surface area contributed by atoms with Crippen LogP contribution in [0.3, 0.4) is 0 Å². The number of nitrogens with one attached hydrogen (secondary N) is 1. The van der Waals surface area contributed by atoms with Crippen LogP contribution in [0, 0.1) is 19.3 Å². The van der Waals surface area contributed by atoms with Crippen molar-refractivity contribution in [3.63, 3.8) is 0 Å². The van der Waals surface area contributed by atoms with Crippen LogP contribution in [0.5, 0.6) is 5.88 Å². The highest BCUT2D eigenvalue weighted by Crippen LogP contribution is 2.61. The quantitative estimate of drug-likeness (QED) is 0.506. The van der Waals surface area contributed by atoms with Crippen molar-refractivity contribution in [2.45, 2.75) is 56.6 Å². The van der Waals surface area contributed by atoms with Gasteiger partial charge in [-0.25, -0.2) is 18.1 Å². The number of sulfonamides is 1. The predicted molar refractivity (Wildman–Crippen MR) is 151 cm³/mol. The van der Waals surface area contributed by atoms with Crippen LogP contribution in [-0.4, -0.2) is 72.4 Å². The largest absolute Gasteiger partial charge is 0.471 e. The summed E-state index contributed by atoms with van der Waals surface area (Å²) in [6, 6.07) is 14.4. The van der Waals surface area contributed by atoms with Crippen molar-refractivity contribution in [1.29, 1.82) is 0 Å². The smallest absolute Gasteiger partial charge is 0.264 e. The maximum absolute atomic E-state index is 13.7. The second-order valence-corrected chi connectivity index (χ2v) is 13.5. The van der Waals surface area contributed by atoms with E-state index in [-0.39, 0.29) is 28.7 Å². The van der Waals surface area contributed by atoms with Crippen molar-refractivity contribution in [3.8, 4) is 17.1 Å². The molecule has 1 amide bonds. The Morgan fingerprint density at radius 1 is 0.975 bits per heavy atom. The number of anilines is 1. The number of hydrogen-bond acceptors (Lipinski definition) is 7. The lowest BCUT2D eigenvalue weighted by atomic mass is 9.76. The molecule has 2 saturated carbocycles. The second kappa shape index (κ2) is 9.27. The van der Waals surface area contributed by atoms with Gasteiger partial charge in [-0.15, -0.1) is 0 Å². The Hall–Kier alpha value is -3.50. The molecule has 1 atom stereocenters. The minimum atomic E-state index is -4.06. The van der Waals surface area contributed by atoms with E-state index in [1.807, 2.05) is 32.0 Å². The van der Waals surface area contributed by atoms with Crippen molar-refractivity contribution in [2.75, 3.05) is 30.9 Å². The summed E-state index contributed by atoms with van der Waals surface area (Å²) in [4.78, 5) is 27.0. The Bertz CT molecular complexity index is 1590. The molecular formula is C30H33N5O4S. The highest BCUT2D eigenvalue weighted by Gasteiger charge is 2.54. The number of amides is 1. The van der Waals surface area contributed by atoms with E-state index < -0.39 is 10.0 Å². The Morgan fingerprint density at radius 2 is 1.73 bits per heavy atom. The zero-order chi connectivity index (χ0) is 27.6. The van der Waals surface area contributed by atoms with Gasteiger partial charge in [0, 0.05) is 42.9 Å². The number of carbonyl (C=O) groups is 1. The van der Waals surface area contributed by atoms with E-state index in [4.69, 9.17) is 4.74 Å². The molecule has 7 rings (SSSR count). The summed E-state index contributed by atoms with van der Waals surface area (Å²) in [7, 11) is -4.06. The maximum atomic E-state index is 13.7. The summed E-state index contributed by atoms with van der Waals surface area (Å²) in [5.74, 6) is 0.0130. The van der Waals surface area contributed by atoms with Crippen LogP contribution < -0.4 is 9.46 Å². The summed E-state index contributed by atoms with van der Waals surface area (Å²) in [5, 5.41) is 0. The Morgan fingerprint density at radius 3 is 2.48 bits per heavy atom. The second-order valence-electron chi connectivity index (χ2n) is 11.9. The van der Waals surface area contributed by atoms with Gasteiger partial charge in [-0.2, -0.15) is 4.98 Å². The first-order valence-corrected chi connectivity index (χ1v) is 15.4. The molecule has 10 heteroatoms. The summed E-state index contributed by atoms with van der Waals surface area (Å²) in [6.07, 6.45) is 4.76. The van der Waals surface area contributed by atoms with E-state index in [0.717, 1.165) is 23.2 Å². The molecule has 1 N–H and O–H groups in total. The topological polar surface area (TPSA) is 105 Å². The molecule has 3 aromatic rings. The molecule has 2 aliphatic carbocycles. The van der Waals surface area contributed by atoms with Gasteiger partial charge in [-0.1, -0.05) is 24.3 Å². The average molecular weight is 560 g/mol. The zero-order valence-electron chi connectivity index (χ0n) is 22.8. The standard InChI is InChI=1S/C30H33N5O4S/c1-19-5-3-6-20(2)27(19)25-14-26-32-29(31-25)33-40(37,38)24-8-4-7-21(13-24)28(36)35-12-11-34(17-23(18-35)39-26)22-15-30(16-22)9-10-30/h3-8,13-14,22-23H,9-12,15-18H2,1-2H3,(H,31,32,33)/t23-/m1/s1. The molecule has 4 aliphatic rings. The normalized spacial score (nSPS) is 23.5. The lowest BCUT2D eigenvalue weighted by Gasteiger charge is -2.44. The van der Waals surface area contributed by atoms with Gasteiger partial charge < -0.3 is 9.64 Å². The van der Waals surface area contributed by atoms with Gasteiger partial charge in [0.25, 0.3) is 15.9 Å². The molecule has 9 nitrogen and oxygen atoms in total. The molecule has 3 heterocycles. The van der Waals surface area contributed by atoms with Crippen LogP contribution in [0.25, 0.3) is 11.3 Å². The maximum Gasteiger partial charge on any atom is 0.264 e. The number of ether oxygens (including phenoxy) is 1. The molecule has 1 saturated heterocycles. The van der Waals surface area contributed by atoms with Crippen LogP contribution in [0.2, 0.25) is 0 Å². The highest BCUT2D eigenvalue weighted by atomic mass is 32.2.